The number of hydrogen-bond donors (Lipinski definition) is 2. The number of amides is 1. The van der Waals surface area contributed by atoms with Gasteiger partial charge in [-0.1, -0.05) is 74.5 Å². The zero-order valence-electron chi connectivity index (χ0n) is 17.3. The summed E-state index contributed by atoms with van der Waals surface area (Å²) in [6, 6.07) is 26.0. The van der Waals surface area contributed by atoms with Crippen LogP contribution < -0.4 is 10.6 Å². The highest BCUT2D eigenvalue weighted by atomic mass is 16.2. The summed E-state index contributed by atoms with van der Waals surface area (Å²) >= 11 is 0. The fraction of sp³-hybridized carbons (Fsp3) is 0.200. The molecule has 152 valence electrons. The molecule has 3 aromatic carbocycles. The number of imidazole rings is 1. The van der Waals surface area contributed by atoms with Crippen LogP contribution in [0.2, 0.25) is 0 Å². The number of fused-ring (bicyclic) bond motifs is 1. The Hall–Kier alpha value is -3.60. The fourth-order valence-corrected chi connectivity index (χ4v) is 3.60. The van der Waals surface area contributed by atoms with E-state index in [1.807, 2.05) is 65.2 Å². The van der Waals surface area contributed by atoms with E-state index in [-0.39, 0.29) is 12.5 Å². The molecule has 1 heterocycles. The number of nitrogens with one attached hydrogen (secondary N) is 2. The lowest BCUT2D eigenvalue weighted by Gasteiger charge is -2.15. The van der Waals surface area contributed by atoms with Gasteiger partial charge in [0.15, 0.2) is 0 Å². The zero-order valence-corrected chi connectivity index (χ0v) is 17.3. The summed E-state index contributed by atoms with van der Waals surface area (Å²) in [5.41, 5.74) is 4.94. The number of rotatable bonds is 7. The van der Waals surface area contributed by atoms with E-state index < -0.39 is 0 Å². The molecule has 5 nitrogen and oxygen atoms in total. The first kappa shape index (κ1) is 19.7. The Morgan fingerprint density at radius 3 is 2.43 bits per heavy atom. The Labute approximate surface area is 176 Å². The van der Waals surface area contributed by atoms with Gasteiger partial charge in [0.25, 0.3) is 0 Å². The summed E-state index contributed by atoms with van der Waals surface area (Å²) in [6.07, 6.45) is 0. The van der Waals surface area contributed by atoms with E-state index in [0.29, 0.717) is 18.4 Å². The molecular formula is C25H26N4O. The van der Waals surface area contributed by atoms with Crippen LogP contribution in [0.4, 0.5) is 11.6 Å². The maximum atomic E-state index is 12.9. The standard InChI is InChI=1S/C25H26N4O/c1-18(2)20-12-6-7-13-21(20)27-24(30)17-29-23-15-9-8-14-22(23)28-25(29)26-16-19-10-4-3-5-11-19/h3-15,18H,16-17H2,1-2H3,(H,26,28)(H,27,30). The van der Waals surface area contributed by atoms with Crippen molar-refractivity contribution in [2.75, 3.05) is 10.6 Å². The van der Waals surface area contributed by atoms with Crippen LogP contribution in [-0.2, 0) is 17.9 Å². The van der Waals surface area contributed by atoms with Gasteiger partial charge in [-0.15, -0.1) is 0 Å². The van der Waals surface area contributed by atoms with Crippen LogP contribution in [0.25, 0.3) is 11.0 Å². The highest BCUT2D eigenvalue weighted by Crippen LogP contribution is 2.24. The molecule has 0 saturated carbocycles. The van der Waals surface area contributed by atoms with Crippen LogP contribution >= 0.6 is 0 Å². The van der Waals surface area contributed by atoms with E-state index in [4.69, 9.17) is 4.98 Å². The first-order valence-corrected chi connectivity index (χ1v) is 10.2. The molecule has 4 aromatic rings. The molecule has 0 saturated heterocycles. The zero-order chi connectivity index (χ0) is 20.9. The number of carbonyl (C=O) groups excluding carboxylic acids is 1. The van der Waals surface area contributed by atoms with Gasteiger partial charge < -0.3 is 15.2 Å². The number of hydrogen-bond acceptors (Lipinski definition) is 3. The highest BCUT2D eigenvalue weighted by Gasteiger charge is 2.15. The maximum absolute atomic E-state index is 12.9. The Balaban J connectivity index is 1.57. The van der Waals surface area contributed by atoms with Crippen molar-refractivity contribution in [1.29, 1.82) is 0 Å². The van der Waals surface area contributed by atoms with Gasteiger partial charge in [-0.2, -0.15) is 0 Å². The number of para-hydroxylation sites is 3. The molecule has 0 spiro atoms. The Kier molecular flexibility index (Phi) is 5.80. The quantitative estimate of drug-likeness (QED) is 0.438. The predicted octanol–water partition coefficient (Wildman–Crippen LogP) is 5.41. The third-order valence-electron chi connectivity index (χ3n) is 5.11. The van der Waals surface area contributed by atoms with E-state index in [1.54, 1.807) is 0 Å². The minimum absolute atomic E-state index is 0.0750. The number of nitrogens with zero attached hydrogens (tertiary/aromatic N) is 2. The first-order valence-electron chi connectivity index (χ1n) is 10.2. The largest absolute Gasteiger partial charge is 0.352 e. The average Bonchev–Trinajstić information content (AvgIpc) is 3.10. The van der Waals surface area contributed by atoms with Crippen molar-refractivity contribution in [2.24, 2.45) is 0 Å². The summed E-state index contributed by atoms with van der Waals surface area (Å²) in [5.74, 6) is 0.944. The molecule has 0 bridgehead atoms. The molecule has 30 heavy (non-hydrogen) atoms. The van der Waals surface area contributed by atoms with Crippen molar-refractivity contribution in [3.63, 3.8) is 0 Å². The van der Waals surface area contributed by atoms with E-state index in [2.05, 4.69) is 42.7 Å². The predicted molar refractivity (Wildman–Crippen MR) is 123 cm³/mol. The van der Waals surface area contributed by atoms with Gasteiger partial charge in [0.2, 0.25) is 11.9 Å². The van der Waals surface area contributed by atoms with Crippen LogP contribution in [0, 0.1) is 0 Å². The molecule has 5 heteroatoms. The van der Waals surface area contributed by atoms with Gasteiger partial charge in [0.1, 0.15) is 6.54 Å². The van der Waals surface area contributed by atoms with Crippen molar-refractivity contribution < 1.29 is 4.79 Å². The molecule has 0 radical (unpaired) electrons. The second-order valence-corrected chi connectivity index (χ2v) is 7.64. The molecule has 1 aromatic heterocycles. The van der Waals surface area contributed by atoms with Gasteiger partial charge >= 0.3 is 0 Å². The van der Waals surface area contributed by atoms with Gasteiger partial charge in [0.05, 0.1) is 11.0 Å². The van der Waals surface area contributed by atoms with Crippen molar-refractivity contribution in [2.45, 2.75) is 32.9 Å². The smallest absolute Gasteiger partial charge is 0.244 e. The first-order chi connectivity index (χ1) is 14.6. The number of benzene rings is 3. The average molecular weight is 399 g/mol. The molecular weight excluding hydrogens is 372 g/mol. The van der Waals surface area contributed by atoms with Gasteiger partial charge in [-0.05, 0) is 35.2 Å². The Morgan fingerprint density at radius 1 is 0.933 bits per heavy atom. The van der Waals surface area contributed by atoms with Crippen LogP contribution in [0.5, 0.6) is 0 Å². The molecule has 0 aliphatic heterocycles. The Morgan fingerprint density at radius 2 is 1.63 bits per heavy atom. The van der Waals surface area contributed by atoms with Crippen LogP contribution in [0.1, 0.15) is 30.9 Å². The molecule has 1 amide bonds. The lowest BCUT2D eigenvalue weighted by molar-refractivity contribution is -0.116. The molecule has 2 N–H and O–H groups in total. The number of aromatic nitrogens is 2. The second kappa shape index (κ2) is 8.82. The van der Waals surface area contributed by atoms with Crippen LogP contribution in [0.3, 0.4) is 0 Å². The van der Waals surface area contributed by atoms with E-state index in [0.717, 1.165) is 27.8 Å². The maximum Gasteiger partial charge on any atom is 0.244 e. The number of carbonyl (C=O) groups is 1. The monoisotopic (exact) mass is 398 g/mol. The molecule has 0 atom stereocenters. The van der Waals surface area contributed by atoms with Gasteiger partial charge in [0, 0.05) is 12.2 Å². The summed E-state index contributed by atoms with van der Waals surface area (Å²) in [7, 11) is 0. The fourth-order valence-electron chi connectivity index (χ4n) is 3.60. The summed E-state index contributed by atoms with van der Waals surface area (Å²) < 4.78 is 1.94. The topological polar surface area (TPSA) is 59.0 Å². The summed E-state index contributed by atoms with van der Waals surface area (Å²) in [6.45, 7) is 5.08. The highest BCUT2D eigenvalue weighted by molar-refractivity contribution is 5.93. The van der Waals surface area contributed by atoms with Crippen molar-refractivity contribution >= 4 is 28.6 Å². The Bertz CT molecular complexity index is 1150. The van der Waals surface area contributed by atoms with Gasteiger partial charge in [-0.3, -0.25) is 4.79 Å². The minimum Gasteiger partial charge on any atom is -0.352 e. The SMILES string of the molecule is CC(C)c1ccccc1NC(=O)Cn1c(NCc2ccccc2)nc2ccccc21. The molecule has 4 rings (SSSR count). The van der Waals surface area contributed by atoms with Crippen molar-refractivity contribution in [3.05, 3.63) is 90.0 Å². The molecule has 0 unspecified atom stereocenters. The third-order valence-corrected chi connectivity index (χ3v) is 5.11. The van der Waals surface area contributed by atoms with Crippen molar-refractivity contribution in [3.8, 4) is 0 Å². The normalized spacial score (nSPS) is 11.0. The number of anilines is 2. The lowest BCUT2D eigenvalue weighted by Crippen LogP contribution is -2.21. The second-order valence-electron chi connectivity index (χ2n) is 7.64. The molecule has 0 aliphatic rings. The molecule has 0 fully saturated rings. The van der Waals surface area contributed by atoms with Crippen LogP contribution in [0.15, 0.2) is 78.9 Å². The van der Waals surface area contributed by atoms with E-state index in [9.17, 15) is 4.79 Å². The summed E-state index contributed by atoms with van der Waals surface area (Å²) in [5, 5.41) is 6.47. The molecule has 0 aliphatic carbocycles. The third kappa shape index (κ3) is 4.35. The van der Waals surface area contributed by atoms with E-state index >= 15 is 0 Å². The summed E-state index contributed by atoms with van der Waals surface area (Å²) in [4.78, 5) is 17.6. The van der Waals surface area contributed by atoms with E-state index in [1.165, 1.54) is 0 Å². The van der Waals surface area contributed by atoms with Gasteiger partial charge in [-0.25, -0.2) is 4.98 Å². The lowest BCUT2D eigenvalue weighted by atomic mass is 10.0. The van der Waals surface area contributed by atoms with Crippen LogP contribution in [-0.4, -0.2) is 15.5 Å². The van der Waals surface area contributed by atoms with Crippen molar-refractivity contribution in [1.82, 2.24) is 9.55 Å². The minimum atomic E-state index is -0.0750.